The van der Waals surface area contributed by atoms with Gasteiger partial charge in [-0.05, 0) is 30.9 Å². The highest BCUT2D eigenvalue weighted by Gasteiger charge is 2.47. The lowest BCUT2D eigenvalue weighted by Gasteiger charge is -2.33. The van der Waals surface area contributed by atoms with Crippen LogP contribution in [0.15, 0.2) is 12.1 Å². The summed E-state index contributed by atoms with van der Waals surface area (Å²) in [5, 5.41) is 13.3. The smallest absolute Gasteiger partial charge is 0.255 e. The number of rotatable bonds is 3. The molecule has 1 heterocycles. The number of piperidine rings is 1. The zero-order valence-electron chi connectivity index (χ0n) is 13.6. The van der Waals surface area contributed by atoms with Crippen molar-refractivity contribution in [2.45, 2.75) is 38.8 Å². The number of nitrogens with one attached hydrogen (secondary N) is 1. The van der Waals surface area contributed by atoms with Gasteiger partial charge in [0.1, 0.15) is 5.75 Å². The summed E-state index contributed by atoms with van der Waals surface area (Å²) < 4.78 is 0. The number of carbonyl (C=O) groups is 2. The van der Waals surface area contributed by atoms with Gasteiger partial charge in [0.05, 0.1) is 10.6 Å². The maximum Gasteiger partial charge on any atom is 0.255 e. The average Bonchev–Trinajstić information content (AvgIpc) is 3.09. The minimum absolute atomic E-state index is 0.00382. The largest absolute Gasteiger partial charge is 0.506 e. The summed E-state index contributed by atoms with van der Waals surface area (Å²) in [6.07, 6.45) is 1.65. The minimum atomic E-state index is -0.392. The van der Waals surface area contributed by atoms with Crippen LogP contribution in [0.1, 0.15) is 37.0 Å². The van der Waals surface area contributed by atoms with Crippen LogP contribution in [0, 0.1) is 11.8 Å². The summed E-state index contributed by atoms with van der Waals surface area (Å²) in [4.78, 5) is 26.6. The van der Waals surface area contributed by atoms with Crippen LogP contribution in [0.2, 0.25) is 10.0 Å². The Kier molecular flexibility index (Phi) is 4.67. The van der Waals surface area contributed by atoms with Gasteiger partial charge in [0.2, 0.25) is 5.91 Å². The highest BCUT2D eigenvalue weighted by molar-refractivity contribution is 6.36. The molecular formula is C17H20Cl2N2O3. The number of benzene rings is 1. The second kappa shape index (κ2) is 6.45. The van der Waals surface area contributed by atoms with Gasteiger partial charge >= 0.3 is 0 Å². The molecule has 2 fully saturated rings. The van der Waals surface area contributed by atoms with Gasteiger partial charge in [0.15, 0.2) is 0 Å². The molecule has 2 N–H and O–H groups in total. The van der Waals surface area contributed by atoms with Crippen molar-refractivity contribution in [3.63, 3.8) is 0 Å². The minimum Gasteiger partial charge on any atom is -0.506 e. The Balaban J connectivity index is 1.68. The third-order valence-corrected chi connectivity index (χ3v) is 5.41. The fourth-order valence-corrected chi connectivity index (χ4v) is 4.21. The van der Waals surface area contributed by atoms with Crippen molar-refractivity contribution in [1.29, 1.82) is 0 Å². The van der Waals surface area contributed by atoms with Gasteiger partial charge in [-0.25, -0.2) is 0 Å². The van der Waals surface area contributed by atoms with Crippen LogP contribution in [0.3, 0.4) is 0 Å². The Bertz CT molecular complexity index is 693. The monoisotopic (exact) mass is 370 g/mol. The molecule has 2 aliphatic rings. The SMILES string of the molecule is CC(C)C(=O)N1C[C@H]2C[C@@H]1C[C@@H]2NC(=O)c1cc(Cl)cc(Cl)c1O. The summed E-state index contributed by atoms with van der Waals surface area (Å²) in [5.41, 5.74) is 0.0744. The normalized spacial score (nSPS) is 25.4. The average molecular weight is 371 g/mol. The lowest BCUT2D eigenvalue weighted by atomic mass is 10.0. The summed E-state index contributed by atoms with van der Waals surface area (Å²) >= 11 is 11.8. The molecule has 0 spiro atoms. The number of aromatic hydroxyl groups is 1. The third kappa shape index (κ3) is 3.07. The first-order valence-electron chi connectivity index (χ1n) is 8.07. The molecule has 24 heavy (non-hydrogen) atoms. The Labute approximate surface area is 150 Å². The number of carbonyl (C=O) groups excluding carboxylic acids is 2. The number of phenolic OH excluding ortho intramolecular Hbond substituents is 1. The predicted molar refractivity (Wildman–Crippen MR) is 92.4 cm³/mol. The second-order valence-electron chi connectivity index (χ2n) is 6.89. The first kappa shape index (κ1) is 17.4. The lowest BCUT2D eigenvalue weighted by Crippen LogP contribution is -2.48. The molecule has 0 aromatic heterocycles. The second-order valence-corrected chi connectivity index (χ2v) is 7.74. The maximum atomic E-state index is 12.5. The third-order valence-electron chi connectivity index (χ3n) is 4.91. The lowest BCUT2D eigenvalue weighted by molar-refractivity contribution is -0.136. The van der Waals surface area contributed by atoms with Gasteiger partial charge in [0, 0.05) is 29.6 Å². The molecule has 2 amide bonds. The summed E-state index contributed by atoms with van der Waals surface area (Å²) in [5.74, 6) is -0.248. The van der Waals surface area contributed by atoms with Crippen LogP contribution in [0.4, 0.5) is 0 Å². The first-order valence-corrected chi connectivity index (χ1v) is 8.83. The number of phenols is 1. The zero-order chi connectivity index (χ0) is 17.6. The number of nitrogens with zero attached hydrogens (tertiary/aromatic N) is 1. The van der Waals surface area contributed by atoms with E-state index in [0.29, 0.717) is 11.6 Å². The van der Waals surface area contributed by atoms with E-state index in [9.17, 15) is 14.7 Å². The van der Waals surface area contributed by atoms with Crippen molar-refractivity contribution in [3.8, 4) is 5.75 Å². The van der Waals surface area contributed by atoms with Gasteiger partial charge in [-0.2, -0.15) is 0 Å². The van der Waals surface area contributed by atoms with Gasteiger partial charge in [-0.15, -0.1) is 0 Å². The van der Waals surface area contributed by atoms with Crippen molar-refractivity contribution < 1.29 is 14.7 Å². The van der Waals surface area contributed by atoms with E-state index in [1.807, 2.05) is 18.7 Å². The predicted octanol–water partition coefficient (Wildman–Crippen LogP) is 3.07. The number of hydrogen-bond acceptors (Lipinski definition) is 3. The van der Waals surface area contributed by atoms with Crippen molar-refractivity contribution in [3.05, 3.63) is 27.7 Å². The molecule has 1 aromatic rings. The van der Waals surface area contributed by atoms with E-state index in [1.54, 1.807) is 0 Å². The van der Waals surface area contributed by atoms with Crippen LogP contribution in [-0.4, -0.2) is 40.4 Å². The van der Waals surface area contributed by atoms with Gasteiger partial charge in [0.25, 0.3) is 5.91 Å². The molecular weight excluding hydrogens is 351 g/mol. The van der Waals surface area contributed by atoms with E-state index in [1.165, 1.54) is 12.1 Å². The molecule has 7 heteroatoms. The number of halogens is 2. The Morgan fingerprint density at radius 2 is 2.00 bits per heavy atom. The van der Waals surface area contributed by atoms with Gasteiger partial charge in [-0.3, -0.25) is 9.59 Å². The van der Waals surface area contributed by atoms with Crippen LogP contribution < -0.4 is 5.32 Å². The van der Waals surface area contributed by atoms with E-state index in [0.717, 1.165) is 12.8 Å². The van der Waals surface area contributed by atoms with E-state index in [4.69, 9.17) is 23.2 Å². The molecule has 3 rings (SSSR count). The van der Waals surface area contributed by atoms with Crippen LogP contribution >= 0.6 is 23.2 Å². The molecule has 130 valence electrons. The molecule has 2 bridgehead atoms. The van der Waals surface area contributed by atoms with Crippen LogP contribution in [0.25, 0.3) is 0 Å². The Hall–Kier alpha value is -1.46. The van der Waals surface area contributed by atoms with Gasteiger partial charge in [-0.1, -0.05) is 37.0 Å². The molecule has 5 nitrogen and oxygen atoms in total. The molecule has 0 radical (unpaired) electrons. The van der Waals surface area contributed by atoms with E-state index in [-0.39, 0.29) is 46.2 Å². The maximum absolute atomic E-state index is 12.5. The molecule has 1 aromatic carbocycles. The van der Waals surface area contributed by atoms with Crippen LogP contribution in [-0.2, 0) is 4.79 Å². The van der Waals surface area contributed by atoms with E-state index in [2.05, 4.69) is 5.32 Å². The molecule has 1 aliphatic heterocycles. The van der Waals surface area contributed by atoms with E-state index < -0.39 is 5.91 Å². The molecule has 3 atom stereocenters. The number of fused-ring (bicyclic) bond motifs is 2. The zero-order valence-corrected chi connectivity index (χ0v) is 15.1. The quantitative estimate of drug-likeness (QED) is 0.858. The number of amides is 2. The molecule has 1 saturated heterocycles. The number of likely N-dealkylation sites (tertiary alicyclic amines) is 1. The first-order chi connectivity index (χ1) is 11.3. The standard InChI is InChI=1S/C17H20Cl2N2O3/c1-8(2)17(24)21-7-9-3-11(21)6-14(9)20-16(23)12-4-10(18)5-13(19)15(12)22/h4-5,8-9,11,14,22H,3,6-7H2,1-2H3,(H,20,23)/t9-,11-,14+/m1/s1. The van der Waals surface area contributed by atoms with E-state index >= 15 is 0 Å². The Morgan fingerprint density at radius 3 is 2.58 bits per heavy atom. The van der Waals surface area contributed by atoms with Crippen molar-refractivity contribution in [2.24, 2.45) is 11.8 Å². The van der Waals surface area contributed by atoms with Crippen LogP contribution in [0.5, 0.6) is 5.75 Å². The van der Waals surface area contributed by atoms with Crippen molar-refractivity contribution in [1.82, 2.24) is 10.2 Å². The molecule has 0 unspecified atom stereocenters. The molecule has 1 saturated carbocycles. The highest BCUT2D eigenvalue weighted by Crippen LogP contribution is 2.39. The summed E-state index contributed by atoms with van der Waals surface area (Å²) in [6, 6.07) is 2.98. The molecule has 1 aliphatic carbocycles. The van der Waals surface area contributed by atoms with Crippen molar-refractivity contribution >= 4 is 35.0 Å². The summed E-state index contributed by atoms with van der Waals surface area (Å²) in [6.45, 7) is 4.48. The van der Waals surface area contributed by atoms with Crippen molar-refractivity contribution in [2.75, 3.05) is 6.54 Å². The highest BCUT2D eigenvalue weighted by atomic mass is 35.5. The summed E-state index contributed by atoms with van der Waals surface area (Å²) in [7, 11) is 0. The fraction of sp³-hybridized carbons (Fsp3) is 0.529. The number of hydrogen-bond donors (Lipinski definition) is 2. The topological polar surface area (TPSA) is 69.6 Å². The van der Waals surface area contributed by atoms with Gasteiger partial charge < -0.3 is 15.3 Å². The Morgan fingerprint density at radius 1 is 1.29 bits per heavy atom. The fourth-order valence-electron chi connectivity index (χ4n) is 3.72.